The lowest BCUT2D eigenvalue weighted by atomic mass is 9.94. The van der Waals surface area contributed by atoms with Gasteiger partial charge in [-0.3, -0.25) is 4.79 Å². The Morgan fingerprint density at radius 3 is 2.56 bits per heavy atom. The Hall–Kier alpha value is -2.10. The van der Waals surface area contributed by atoms with Crippen molar-refractivity contribution in [2.24, 2.45) is 5.73 Å². The Kier molecular flexibility index (Phi) is 2.72. The first-order valence-corrected chi connectivity index (χ1v) is 4.94. The first kappa shape index (κ1) is 10.4. The molecule has 16 heavy (non-hydrogen) atoms. The summed E-state index contributed by atoms with van der Waals surface area (Å²) in [6.45, 7) is 1.77. The minimum atomic E-state index is -0.542. The van der Waals surface area contributed by atoms with Crippen LogP contribution in [-0.2, 0) is 4.79 Å². The van der Waals surface area contributed by atoms with Crippen LogP contribution >= 0.6 is 0 Å². The van der Waals surface area contributed by atoms with Gasteiger partial charge in [0.1, 0.15) is 11.7 Å². The number of nitrogens with two attached hydrogens (primary N) is 1. The molecule has 2 N–H and O–H groups in total. The van der Waals surface area contributed by atoms with Crippen molar-refractivity contribution in [2.45, 2.75) is 12.8 Å². The molecule has 0 radical (unpaired) electrons. The van der Waals surface area contributed by atoms with Crippen molar-refractivity contribution in [3.63, 3.8) is 0 Å². The smallest absolute Gasteiger partial charge is 0.231 e. The molecule has 0 bridgehead atoms. The number of amides is 1. The normalized spacial score (nSPS) is 12.3. The number of oxazole rings is 1. The van der Waals surface area contributed by atoms with Crippen LogP contribution in [-0.4, -0.2) is 10.9 Å². The minimum absolute atomic E-state index is 0.428. The Morgan fingerprint density at radius 2 is 2.06 bits per heavy atom. The summed E-state index contributed by atoms with van der Waals surface area (Å²) in [5.74, 6) is -0.351. The standard InChI is InChI=1S/C12H12N2O2/c1-8-11(14-7-16-8)10(12(13)15)9-5-3-2-4-6-9/h2-7,10H,1H3,(H2,13,15). The largest absolute Gasteiger partial charge is 0.448 e. The number of hydrogen-bond acceptors (Lipinski definition) is 3. The van der Waals surface area contributed by atoms with Crippen molar-refractivity contribution in [1.82, 2.24) is 4.98 Å². The molecule has 4 heteroatoms. The van der Waals surface area contributed by atoms with E-state index in [-0.39, 0.29) is 0 Å². The number of benzene rings is 1. The Balaban J connectivity index is 2.48. The molecule has 1 amide bonds. The van der Waals surface area contributed by atoms with Gasteiger partial charge in [0.15, 0.2) is 6.39 Å². The summed E-state index contributed by atoms with van der Waals surface area (Å²) >= 11 is 0. The zero-order chi connectivity index (χ0) is 11.5. The molecule has 2 rings (SSSR count). The number of primary amides is 1. The number of nitrogens with zero attached hydrogens (tertiary/aromatic N) is 1. The molecule has 4 nitrogen and oxygen atoms in total. The summed E-state index contributed by atoms with van der Waals surface area (Å²) in [6, 6.07) is 9.31. The van der Waals surface area contributed by atoms with Crippen LogP contribution in [0.15, 0.2) is 41.1 Å². The summed E-state index contributed by atoms with van der Waals surface area (Å²) in [5.41, 5.74) is 6.82. The molecule has 0 saturated carbocycles. The topological polar surface area (TPSA) is 69.1 Å². The van der Waals surface area contributed by atoms with Crippen molar-refractivity contribution in [2.75, 3.05) is 0 Å². The second-order valence-electron chi connectivity index (χ2n) is 3.54. The second kappa shape index (κ2) is 4.18. The first-order valence-electron chi connectivity index (χ1n) is 4.94. The number of hydrogen-bond donors (Lipinski definition) is 1. The highest BCUT2D eigenvalue weighted by Gasteiger charge is 2.24. The van der Waals surface area contributed by atoms with E-state index in [9.17, 15) is 4.79 Å². The van der Waals surface area contributed by atoms with E-state index in [1.165, 1.54) is 6.39 Å². The van der Waals surface area contributed by atoms with E-state index in [1.54, 1.807) is 6.92 Å². The lowest BCUT2D eigenvalue weighted by molar-refractivity contribution is -0.118. The van der Waals surface area contributed by atoms with E-state index in [1.807, 2.05) is 30.3 Å². The SMILES string of the molecule is Cc1ocnc1C(C(N)=O)c1ccccc1. The third-order valence-corrected chi connectivity index (χ3v) is 2.47. The molecule has 1 unspecified atom stereocenters. The van der Waals surface area contributed by atoms with E-state index in [0.29, 0.717) is 11.5 Å². The Bertz CT molecular complexity index is 491. The molecule has 1 aromatic carbocycles. The van der Waals surface area contributed by atoms with Crippen LogP contribution in [0, 0.1) is 6.92 Å². The van der Waals surface area contributed by atoms with Gasteiger partial charge in [-0.2, -0.15) is 0 Å². The Morgan fingerprint density at radius 1 is 1.38 bits per heavy atom. The summed E-state index contributed by atoms with van der Waals surface area (Å²) in [6.07, 6.45) is 1.32. The van der Waals surface area contributed by atoms with Gasteiger partial charge in [0, 0.05) is 0 Å². The predicted molar refractivity (Wildman–Crippen MR) is 58.7 cm³/mol. The second-order valence-corrected chi connectivity index (χ2v) is 3.54. The molecule has 0 aliphatic rings. The molecule has 1 aromatic heterocycles. The van der Waals surface area contributed by atoms with Crippen molar-refractivity contribution in [3.05, 3.63) is 53.7 Å². The highest BCUT2D eigenvalue weighted by Crippen LogP contribution is 2.25. The Labute approximate surface area is 93.1 Å². The minimum Gasteiger partial charge on any atom is -0.448 e. The quantitative estimate of drug-likeness (QED) is 0.847. The molecule has 0 spiro atoms. The highest BCUT2D eigenvalue weighted by atomic mass is 16.3. The molecule has 0 saturated heterocycles. The molecule has 2 aromatic rings. The van der Waals surface area contributed by atoms with Crippen LogP contribution in [0.25, 0.3) is 0 Å². The molecule has 82 valence electrons. The van der Waals surface area contributed by atoms with Gasteiger partial charge in [0.05, 0.1) is 5.69 Å². The molecule has 0 aliphatic carbocycles. The monoisotopic (exact) mass is 216 g/mol. The molecule has 1 heterocycles. The predicted octanol–water partition coefficient (Wildman–Crippen LogP) is 1.60. The number of carbonyl (C=O) groups excluding carboxylic acids is 1. The number of aromatic nitrogens is 1. The molecular weight excluding hydrogens is 204 g/mol. The van der Waals surface area contributed by atoms with Gasteiger partial charge in [-0.05, 0) is 12.5 Å². The van der Waals surface area contributed by atoms with Crippen molar-refractivity contribution in [1.29, 1.82) is 0 Å². The summed E-state index contributed by atoms with van der Waals surface area (Å²) in [5, 5.41) is 0. The lowest BCUT2D eigenvalue weighted by Gasteiger charge is -2.11. The number of rotatable bonds is 3. The van der Waals surface area contributed by atoms with Crippen LogP contribution < -0.4 is 5.73 Å². The van der Waals surface area contributed by atoms with Crippen LogP contribution in [0.2, 0.25) is 0 Å². The maximum absolute atomic E-state index is 11.5. The number of aryl methyl sites for hydroxylation is 1. The zero-order valence-corrected chi connectivity index (χ0v) is 8.88. The van der Waals surface area contributed by atoms with Crippen LogP contribution in [0.5, 0.6) is 0 Å². The van der Waals surface area contributed by atoms with E-state index in [2.05, 4.69) is 4.98 Å². The van der Waals surface area contributed by atoms with Crippen molar-refractivity contribution < 1.29 is 9.21 Å². The molecule has 0 aliphatic heterocycles. The van der Waals surface area contributed by atoms with Gasteiger partial charge in [-0.1, -0.05) is 30.3 Å². The van der Waals surface area contributed by atoms with Gasteiger partial charge in [0.2, 0.25) is 5.91 Å². The van der Waals surface area contributed by atoms with Crippen LogP contribution in [0.4, 0.5) is 0 Å². The third-order valence-electron chi connectivity index (χ3n) is 2.47. The zero-order valence-electron chi connectivity index (χ0n) is 8.88. The molecular formula is C12H12N2O2. The van der Waals surface area contributed by atoms with Crippen molar-refractivity contribution in [3.8, 4) is 0 Å². The van der Waals surface area contributed by atoms with Crippen LogP contribution in [0.1, 0.15) is 22.9 Å². The van der Waals surface area contributed by atoms with E-state index in [0.717, 1.165) is 5.56 Å². The molecule has 1 atom stereocenters. The first-order chi connectivity index (χ1) is 7.70. The summed E-state index contributed by atoms with van der Waals surface area (Å²) in [4.78, 5) is 15.5. The van der Waals surface area contributed by atoms with E-state index >= 15 is 0 Å². The fourth-order valence-corrected chi connectivity index (χ4v) is 1.69. The van der Waals surface area contributed by atoms with Gasteiger partial charge < -0.3 is 10.2 Å². The average molecular weight is 216 g/mol. The lowest BCUT2D eigenvalue weighted by Crippen LogP contribution is -2.23. The average Bonchev–Trinajstić information content (AvgIpc) is 2.66. The van der Waals surface area contributed by atoms with E-state index < -0.39 is 11.8 Å². The summed E-state index contributed by atoms with van der Waals surface area (Å²) in [7, 11) is 0. The summed E-state index contributed by atoms with van der Waals surface area (Å²) < 4.78 is 5.10. The number of carbonyl (C=O) groups is 1. The van der Waals surface area contributed by atoms with Gasteiger partial charge in [0.25, 0.3) is 0 Å². The molecule has 0 fully saturated rings. The van der Waals surface area contributed by atoms with Gasteiger partial charge in [-0.15, -0.1) is 0 Å². The van der Waals surface area contributed by atoms with Crippen LogP contribution in [0.3, 0.4) is 0 Å². The fraction of sp³-hybridized carbons (Fsp3) is 0.167. The van der Waals surface area contributed by atoms with Gasteiger partial charge in [-0.25, -0.2) is 4.98 Å². The maximum atomic E-state index is 11.5. The van der Waals surface area contributed by atoms with Gasteiger partial charge >= 0.3 is 0 Å². The van der Waals surface area contributed by atoms with Crippen molar-refractivity contribution >= 4 is 5.91 Å². The fourth-order valence-electron chi connectivity index (χ4n) is 1.69. The maximum Gasteiger partial charge on any atom is 0.231 e. The van der Waals surface area contributed by atoms with E-state index in [4.69, 9.17) is 10.2 Å². The highest BCUT2D eigenvalue weighted by molar-refractivity contribution is 5.85. The third kappa shape index (κ3) is 1.82.